The van der Waals surface area contributed by atoms with E-state index < -0.39 is 0 Å². The smallest absolute Gasteiger partial charge is 0.230 e. The summed E-state index contributed by atoms with van der Waals surface area (Å²) in [7, 11) is 0. The number of aromatic nitrogens is 2. The van der Waals surface area contributed by atoms with Crippen LogP contribution in [0.25, 0.3) is 0 Å². The number of hydrogen-bond acceptors (Lipinski definition) is 4. The lowest BCUT2D eigenvalue weighted by molar-refractivity contribution is 0.260. The molecule has 0 aromatic carbocycles. The number of nitrogens with zero attached hydrogens (tertiary/aromatic N) is 2. The Labute approximate surface area is 96.6 Å². The Morgan fingerprint density at radius 1 is 1.56 bits per heavy atom. The molecular weight excluding hydrogens is 202 g/mol. The van der Waals surface area contributed by atoms with Gasteiger partial charge in [-0.3, -0.25) is 0 Å². The monoisotopic (exact) mass is 223 g/mol. The molecule has 90 valence electrons. The van der Waals surface area contributed by atoms with E-state index in [1.54, 1.807) is 0 Å². The number of hydrogen-bond donors (Lipinski definition) is 1. The van der Waals surface area contributed by atoms with E-state index in [2.05, 4.69) is 24.0 Å². The fourth-order valence-electron chi connectivity index (χ4n) is 2.51. The average molecular weight is 223 g/mol. The summed E-state index contributed by atoms with van der Waals surface area (Å²) in [5.74, 6) is 1.83. The van der Waals surface area contributed by atoms with Crippen LogP contribution in [0.1, 0.15) is 70.1 Å². The van der Waals surface area contributed by atoms with E-state index in [0.29, 0.717) is 11.7 Å². The quantitative estimate of drug-likeness (QED) is 0.855. The van der Waals surface area contributed by atoms with Crippen molar-refractivity contribution in [2.75, 3.05) is 0 Å². The molecule has 2 rings (SSSR count). The first-order valence-corrected chi connectivity index (χ1v) is 6.13. The van der Waals surface area contributed by atoms with Gasteiger partial charge in [-0.15, -0.1) is 0 Å². The molecule has 0 aliphatic heterocycles. The fourth-order valence-corrected chi connectivity index (χ4v) is 2.51. The molecule has 16 heavy (non-hydrogen) atoms. The topological polar surface area (TPSA) is 64.9 Å². The molecule has 1 aromatic heterocycles. The Hall–Kier alpha value is -0.900. The van der Waals surface area contributed by atoms with Gasteiger partial charge >= 0.3 is 0 Å². The first-order chi connectivity index (χ1) is 7.54. The van der Waals surface area contributed by atoms with Crippen molar-refractivity contribution in [1.29, 1.82) is 0 Å². The minimum atomic E-state index is -0.0954. The summed E-state index contributed by atoms with van der Waals surface area (Å²) in [6, 6.07) is -0.0954. The highest BCUT2D eigenvalue weighted by Gasteiger charge is 2.39. The third-order valence-corrected chi connectivity index (χ3v) is 3.78. The van der Waals surface area contributed by atoms with Crippen LogP contribution in [-0.4, -0.2) is 10.1 Å². The molecule has 2 unspecified atom stereocenters. The molecule has 2 atom stereocenters. The van der Waals surface area contributed by atoms with Gasteiger partial charge in [-0.05, 0) is 24.7 Å². The predicted molar refractivity (Wildman–Crippen MR) is 61.9 cm³/mol. The van der Waals surface area contributed by atoms with Crippen molar-refractivity contribution in [3.8, 4) is 0 Å². The van der Waals surface area contributed by atoms with Crippen LogP contribution in [0.5, 0.6) is 0 Å². The predicted octanol–water partition coefficient (Wildman–Crippen LogP) is 2.77. The Kier molecular flexibility index (Phi) is 3.02. The average Bonchev–Trinajstić information content (AvgIpc) is 2.82. The standard InChI is InChI=1S/C12H21N3O/c1-4-9(13)10-14-11(16-15-10)8-6-5-7-12(8,2)3/h8-9H,4-7,13H2,1-3H3. The molecule has 1 aliphatic rings. The highest BCUT2D eigenvalue weighted by atomic mass is 16.5. The van der Waals surface area contributed by atoms with Gasteiger partial charge in [0.15, 0.2) is 5.82 Å². The zero-order valence-electron chi connectivity index (χ0n) is 10.4. The summed E-state index contributed by atoms with van der Waals surface area (Å²) < 4.78 is 5.37. The maximum absolute atomic E-state index is 5.89. The van der Waals surface area contributed by atoms with Crippen LogP contribution in [0, 0.1) is 5.41 Å². The summed E-state index contributed by atoms with van der Waals surface area (Å²) >= 11 is 0. The summed E-state index contributed by atoms with van der Waals surface area (Å²) in [6.07, 6.45) is 4.47. The van der Waals surface area contributed by atoms with Crippen molar-refractivity contribution >= 4 is 0 Å². The van der Waals surface area contributed by atoms with Gasteiger partial charge in [-0.1, -0.05) is 32.3 Å². The second-order valence-electron chi connectivity index (χ2n) is 5.44. The van der Waals surface area contributed by atoms with E-state index in [4.69, 9.17) is 10.3 Å². The molecule has 4 nitrogen and oxygen atoms in total. The van der Waals surface area contributed by atoms with E-state index in [-0.39, 0.29) is 11.5 Å². The molecule has 2 N–H and O–H groups in total. The van der Waals surface area contributed by atoms with Crippen molar-refractivity contribution in [2.24, 2.45) is 11.1 Å². The van der Waals surface area contributed by atoms with Crippen molar-refractivity contribution in [1.82, 2.24) is 10.1 Å². The maximum atomic E-state index is 5.89. The van der Waals surface area contributed by atoms with Gasteiger partial charge in [0.2, 0.25) is 5.89 Å². The van der Waals surface area contributed by atoms with Gasteiger partial charge in [0, 0.05) is 5.92 Å². The van der Waals surface area contributed by atoms with Crippen molar-refractivity contribution in [3.05, 3.63) is 11.7 Å². The molecule has 1 aromatic rings. The van der Waals surface area contributed by atoms with E-state index >= 15 is 0 Å². The van der Waals surface area contributed by atoms with Gasteiger partial charge in [-0.2, -0.15) is 4.98 Å². The molecule has 0 amide bonds. The molecule has 1 saturated carbocycles. The molecule has 4 heteroatoms. The van der Waals surface area contributed by atoms with Crippen LogP contribution in [0.2, 0.25) is 0 Å². The third kappa shape index (κ3) is 1.98. The van der Waals surface area contributed by atoms with Crippen LogP contribution < -0.4 is 5.73 Å². The van der Waals surface area contributed by atoms with Gasteiger partial charge in [-0.25, -0.2) is 0 Å². The maximum Gasteiger partial charge on any atom is 0.230 e. The first-order valence-electron chi connectivity index (χ1n) is 6.13. The normalized spacial score (nSPS) is 25.9. The lowest BCUT2D eigenvalue weighted by atomic mass is 9.82. The Morgan fingerprint density at radius 2 is 2.31 bits per heavy atom. The lowest BCUT2D eigenvalue weighted by Crippen LogP contribution is -2.16. The number of rotatable bonds is 3. The Morgan fingerprint density at radius 3 is 2.88 bits per heavy atom. The van der Waals surface area contributed by atoms with Crippen LogP contribution in [0.3, 0.4) is 0 Å². The molecule has 1 fully saturated rings. The van der Waals surface area contributed by atoms with Crippen molar-refractivity contribution in [3.63, 3.8) is 0 Å². The van der Waals surface area contributed by atoms with E-state index in [0.717, 1.165) is 18.7 Å². The highest BCUT2D eigenvalue weighted by molar-refractivity contribution is 5.05. The van der Waals surface area contributed by atoms with Crippen LogP contribution in [-0.2, 0) is 0 Å². The van der Waals surface area contributed by atoms with E-state index in [9.17, 15) is 0 Å². The van der Waals surface area contributed by atoms with Crippen molar-refractivity contribution < 1.29 is 4.52 Å². The summed E-state index contributed by atoms with van der Waals surface area (Å²) in [5.41, 5.74) is 6.17. The van der Waals surface area contributed by atoms with Gasteiger partial charge in [0.25, 0.3) is 0 Å². The van der Waals surface area contributed by atoms with E-state index in [1.807, 2.05) is 6.92 Å². The SMILES string of the molecule is CCC(N)c1noc(C2CCCC2(C)C)n1. The van der Waals surface area contributed by atoms with Crippen molar-refractivity contribution in [2.45, 2.75) is 58.4 Å². The van der Waals surface area contributed by atoms with Crippen LogP contribution in [0.15, 0.2) is 4.52 Å². The fraction of sp³-hybridized carbons (Fsp3) is 0.833. The Bertz CT molecular complexity index is 359. The molecule has 0 bridgehead atoms. The molecule has 0 radical (unpaired) electrons. The largest absolute Gasteiger partial charge is 0.339 e. The summed E-state index contributed by atoms with van der Waals surface area (Å²) in [5, 5.41) is 3.99. The molecular formula is C12H21N3O. The Balaban J connectivity index is 2.19. The molecule has 1 aliphatic carbocycles. The minimum absolute atomic E-state index is 0.0954. The first kappa shape index (κ1) is 11.6. The minimum Gasteiger partial charge on any atom is -0.339 e. The molecule has 0 saturated heterocycles. The highest BCUT2D eigenvalue weighted by Crippen LogP contribution is 2.48. The third-order valence-electron chi connectivity index (χ3n) is 3.78. The number of nitrogens with two attached hydrogens (primary N) is 1. The van der Waals surface area contributed by atoms with E-state index in [1.165, 1.54) is 12.8 Å². The second kappa shape index (κ2) is 4.17. The lowest BCUT2D eigenvalue weighted by Gasteiger charge is -2.23. The van der Waals surface area contributed by atoms with Gasteiger partial charge in [0.05, 0.1) is 6.04 Å². The zero-order valence-corrected chi connectivity index (χ0v) is 10.4. The molecule has 1 heterocycles. The van der Waals surface area contributed by atoms with Gasteiger partial charge < -0.3 is 10.3 Å². The van der Waals surface area contributed by atoms with Crippen LogP contribution >= 0.6 is 0 Å². The summed E-state index contributed by atoms with van der Waals surface area (Å²) in [4.78, 5) is 4.46. The summed E-state index contributed by atoms with van der Waals surface area (Å²) in [6.45, 7) is 6.57. The van der Waals surface area contributed by atoms with Gasteiger partial charge in [0.1, 0.15) is 0 Å². The van der Waals surface area contributed by atoms with Crippen LogP contribution in [0.4, 0.5) is 0 Å². The zero-order chi connectivity index (χ0) is 11.8. The molecule has 0 spiro atoms. The second-order valence-corrected chi connectivity index (χ2v) is 5.44.